The molecule has 0 aromatic rings. The van der Waals surface area contributed by atoms with Crippen molar-refractivity contribution in [2.45, 2.75) is 38.0 Å². The largest absolute Gasteiger partial charge is 0.477 e. The molecule has 3 fully saturated rings. The zero-order valence-corrected chi connectivity index (χ0v) is 15.4. The predicted molar refractivity (Wildman–Crippen MR) is 89.9 cm³/mol. The van der Waals surface area contributed by atoms with Crippen LogP contribution < -0.4 is 0 Å². The topological polar surface area (TPSA) is 98.2 Å². The molecule has 0 bridgehead atoms. The molecule has 4 rings (SSSR count). The third-order valence-corrected chi connectivity index (χ3v) is 5.96. The number of rotatable bonds is 3. The van der Waals surface area contributed by atoms with Gasteiger partial charge in [0.25, 0.3) is 0 Å². The van der Waals surface area contributed by atoms with Crippen LogP contribution in [0, 0.1) is 5.92 Å². The molecule has 3 amide bonds. The Morgan fingerprint density at radius 1 is 1.28 bits per heavy atom. The summed E-state index contributed by atoms with van der Waals surface area (Å²) >= 11 is 0. The van der Waals surface area contributed by atoms with E-state index in [4.69, 9.17) is 0 Å². The molecule has 0 aliphatic carbocycles. The first-order valence-electron chi connectivity index (χ1n) is 9.13. The Bertz CT molecular complexity index is 894. The molecule has 156 valence electrons. The predicted octanol–water partition coefficient (Wildman–Crippen LogP) is 0.508. The lowest BCUT2D eigenvalue weighted by molar-refractivity contribution is -0.160. The average molecular weight is 413 g/mol. The van der Waals surface area contributed by atoms with Gasteiger partial charge in [0.2, 0.25) is 17.7 Å². The van der Waals surface area contributed by atoms with Crippen molar-refractivity contribution in [2.24, 2.45) is 5.92 Å². The fourth-order valence-electron chi connectivity index (χ4n) is 4.88. The number of carbonyl (C=O) groups excluding carboxylic acids is 3. The van der Waals surface area contributed by atoms with E-state index >= 15 is 0 Å². The molecule has 29 heavy (non-hydrogen) atoms. The summed E-state index contributed by atoms with van der Waals surface area (Å²) in [6.45, 7) is 0.00327. The van der Waals surface area contributed by atoms with Gasteiger partial charge in [-0.3, -0.25) is 19.3 Å². The maximum Gasteiger partial charge on any atom is 0.406 e. The van der Waals surface area contributed by atoms with Gasteiger partial charge in [-0.25, -0.2) is 4.79 Å². The van der Waals surface area contributed by atoms with Gasteiger partial charge in [-0.1, -0.05) is 0 Å². The molecule has 4 heterocycles. The van der Waals surface area contributed by atoms with Crippen molar-refractivity contribution in [3.8, 4) is 0 Å². The lowest BCUT2D eigenvalue weighted by atomic mass is 9.78. The number of aliphatic carboxylic acids is 1. The van der Waals surface area contributed by atoms with Crippen LogP contribution in [0.1, 0.15) is 19.8 Å². The number of nitrogens with zero attached hydrogens (tertiary/aromatic N) is 3. The van der Waals surface area contributed by atoms with E-state index in [1.165, 1.54) is 13.0 Å². The molecule has 0 radical (unpaired) electrons. The van der Waals surface area contributed by atoms with Crippen molar-refractivity contribution < 1.29 is 37.5 Å². The highest BCUT2D eigenvalue weighted by molar-refractivity contribution is 5.99. The van der Waals surface area contributed by atoms with Gasteiger partial charge in [-0.05, 0) is 18.1 Å². The number of alkyl halides is 3. The summed E-state index contributed by atoms with van der Waals surface area (Å²) < 4.78 is 37.9. The zero-order chi connectivity index (χ0) is 21.2. The minimum absolute atomic E-state index is 0.0518. The summed E-state index contributed by atoms with van der Waals surface area (Å²) in [6.07, 6.45) is -3.19. The van der Waals surface area contributed by atoms with Gasteiger partial charge in [-0.2, -0.15) is 13.2 Å². The van der Waals surface area contributed by atoms with Crippen molar-refractivity contribution in [1.29, 1.82) is 0 Å². The van der Waals surface area contributed by atoms with Crippen molar-refractivity contribution in [2.75, 3.05) is 19.6 Å². The summed E-state index contributed by atoms with van der Waals surface area (Å²) in [6, 6.07) is -0.817. The van der Waals surface area contributed by atoms with Crippen molar-refractivity contribution in [1.82, 2.24) is 14.7 Å². The van der Waals surface area contributed by atoms with Crippen molar-refractivity contribution >= 4 is 23.7 Å². The molecule has 1 unspecified atom stereocenters. The number of halogens is 3. The average Bonchev–Trinajstić information content (AvgIpc) is 3.02. The van der Waals surface area contributed by atoms with Gasteiger partial charge in [-0.15, -0.1) is 0 Å². The molecule has 0 saturated carbocycles. The van der Waals surface area contributed by atoms with E-state index < -0.39 is 48.4 Å². The Balaban J connectivity index is 1.66. The number of carboxylic acids is 1. The van der Waals surface area contributed by atoms with Crippen LogP contribution in [-0.4, -0.2) is 81.4 Å². The molecule has 4 aliphatic heterocycles. The van der Waals surface area contributed by atoms with Crippen LogP contribution in [0.25, 0.3) is 0 Å². The van der Waals surface area contributed by atoms with E-state index in [1.807, 2.05) is 0 Å². The maximum absolute atomic E-state index is 12.6. The second-order valence-corrected chi connectivity index (χ2v) is 7.67. The fourth-order valence-corrected chi connectivity index (χ4v) is 4.88. The smallest absolute Gasteiger partial charge is 0.406 e. The van der Waals surface area contributed by atoms with Gasteiger partial charge in [0.1, 0.15) is 12.2 Å². The van der Waals surface area contributed by atoms with Crippen LogP contribution in [0.5, 0.6) is 0 Å². The zero-order valence-electron chi connectivity index (χ0n) is 15.4. The highest BCUT2D eigenvalue weighted by atomic mass is 19.4. The molecule has 0 aromatic carbocycles. The summed E-state index contributed by atoms with van der Waals surface area (Å²) in [5.41, 5.74) is 0.325. The molecule has 8 nitrogen and oxygen atoms in total. The first kappa shape index (κ1) is 19.5. The van der Waals surface area contributed by atoms with E-state index in [0.717, 1.165) is 4.90 Å². The second-order valence-electron chi connectivity index (χ2n) is 7.67. The van der Waals surface area contributed by atoms with E-state index in [1.54, 1.807) is 4.90 Å². The fraction of sp³-hybridized carbons (Fsp3) is 0.556. The number of imide groups is 1. The second kappa shape index (κ2) is 6.33. The monoisotopic (exact) mass is 413 g/mol. The molecule has 3 atom stereocenters. The van der Waals surface area contributed by atoms with E-state index in [0.29, 0.717) is 4.90 Å². The van der Waals surface area contributed by atoms with Crippen LogP contribution in [0.3, 0.4) is 0 Å². The Kier molecular flexibility index (Phi) is 4.25. The normalized spacial score (nSPS) is 30.3. The molecule has 0 spiro atoms. The van der Waals surface area contributed by atoms with E-state index in [2.05, 4.69) is 0 Å². The molecular formula is C18H18F3N3O5. The Morgan fingerprint density at radius 2 is 1.97 bits per heavy atom. The van der Waals surface area contributed by atoms with E-state index in [9.17, 15) is 37.5 Å². The molecular weight excluding hydrogens is 395 g/mol. The number of hydrogen-bond donors (Lipinski definition) is 1. The molecule has 11 heteroatoms. The number of allylic oxidation sites excluding steroid dienone is 1. The summed E-state index contributed by atoms with van der Waals surface area (Å²) in [5.74, 6) is -3.35. The van der Waals surface area contributed by atoms with Crippen LogP contribution in [0.2, 0.25) is 0 Å². The lowest BCUT2D eigenvalue weighted by Crippen LogP contribution is -2.71. The highest BCUT2D eigenvalue weighted by Gasteiger charge is 2.60. The molecule has 0 aromatic heterocycles. The minimum Gasteiger partial charge on any atom is -0.477 e. The van der Waals surface area contributed by atoms with Gasteiger partial charge >= 0.3 is 12.1 Å². The highest BCUT2D eigenvalue weighted by Crippen LogP contribution is 2.49. The van der Waals surface area contributed by atoms with Crippen LogP contribution >= 0.6 is 0 Å². The number of likely N-dealkylation sites (tertiary alicyclic amines) is 2. The van der Waals surface area contributed by atoms with Gasteiger partial charge in [0.05, 0.1) is 12.1 Å². The molecule has 4 aliphatic rings. The first-order valence-corrected chi connectivity index (χ1v) is 9.13. The SMILES string of the molecule is CC(=O)N1C(=O)CC2C(/C=C3\CCN(CC(F)(F)F)C3=O)=C(C(=O)O)N3C[C@H]1[C@@H]23. The van der Waals surface area contributed by atoms with Crippen LogP contribution in [-0.2, 0) is 19.2 Å². The van der Waals surface area contributed by atoms with E-state index in [-0.39, 0.29) is 48.8 Å². The van der Waals surface area contributed by atoms with Gasteiger partial charge < -0.3 is 14.9 Å². The number of carboxylic acid groups (broad SMARTS) is 1. The number of piperidine rings is 1. The molecule has 3 saturated heterocycles. The maximum atomic E-state index is 12.6. The Labute approximate surface area is 163 Å². The molecule has 1 N–H and O–H groups in total. The third-order valence-electron chi connectivity index (χ3n) is 5.96. The summed E-state index contributed by atoms with van der Waals surface area (Å²) in [4.78, 5) is 51.9. The Morgan fingerprint density at radius 3 is 2.55 bits per heavy atom. The quantitative estimate of drug-likeness (QED) is 0.677. The van der Waals surface area contributed by atoms with Crippen molar-refractivity contribution in [3.63, 3.8) is 0 Å². The van der Waals surface area contributed by atoms with Crippen molar-refractivity contribution in [3.05, 3.63) is 22.9 Å². The minimum atomic E-state index is -4.52. The first-order chi connectivity index (χ1) is 13.5. The number of carbonyl (C=O) groups is 4. The number of amides is 3. The summed E-state index contributed by atoms with van der Waals surface area (Å²) in [7, 11) is 0. The van der Waals surface area contributed by atoms with Gasteiger partial charge in [0.15, 0.2) is 0 Å². The Hall–Kier alpha value is -2.85. The lowest BCUT2D eigenvalue weighted by Gasteiger charge is -2.54. The standard InChI is InChI=1S/C18H18F3N3O5/c1-8(25)24-12-6-23-14(12)11(5-13(24)26)10(15(23)17(28)29)4-9-2-3-22(16(9)27)7-18(19,20)21/h4,11-12,14H,2-3,5-7H2,1H3,(H,28,29)/b9-4+/t11?,12-,14+/m0/s1. The van der Waals surface area contributed by atoms with Crippen LogP contribution in [0.15, 0.2) is 22.9 Å². The van der Waals surface area contributed by atoms with Gasteiger partial charge in [0, 0.05) is 37.9 Å². The number of hydrogen-bond acceptors (Lipinski definition) is 5. The third kappa shape index (κ3) is 2.99. The summed E-state index contributed by atoms with van der Waals surface area (Å²) in [5, 5.41) is 9.67. The van der Waals surface area contributed by atoms with Crippen LogP contribution in [0.4, 0.5) is 13.2 Å².